The first kappa shape index (κ1) is 13.3. The summed E-state index contributed by atoms with van der Waals surface area (Å²) in [5.41, 5.74) is 0. The minimum atomic E-state index is -3.15. The Labute approximate surface area is 104 Å². The highest BCUT2D eigenvalue weighted by atomic mass is 32.2. The van der Waals surface area contributed by atoms with E-state index >= 15 is 0 Å². The first-order valence-corrected chi connectivity index (χ1v) is 8.33. The second kappa shape index (κ2) is 5.24. The second-order valence-corrected chi connectivity index (χ2v) is 7.37. The van der Waals surface area contributed by atoms with Gasteiger partial charge >= 0.3 is 0 Å². The van der Waals surface area contributed by atoms with Crippen LogP contribution in [0.2, 0.25) is 0 Å². The van der Waals surface area contributed by atoms with Crippen molar-refractivity contribution < 1.29 is 13.5 Å². The highest BCUT2D eigenvalue weighted by molar-refractivity contribution is 7.89. The van der Waals surface area contributed by atoms with Gasteiger partial charge in [0.25, 0.3) is 0 Å². The van der Waals surface area contributed by atoms with Crippen molar-refractivity contribution >= 4 is 10.0 Å². The van der Waals surface area contributed by atoms with E-state index in [1.54, 1.807) is 0 Å². The van der Waals surface area contributed by atoms with Crippen LogP contribution in [0, 0.1) is 17.8 Å². The van der Waals surface area contributed by atoms with Gasteiger partial charge in [-0.25, -0.2) is 13.1 Å². The van der Waals surface area contributed by atoms with E-state index in [1.165, 1.54) is 0 Å². The van der Waals surface area contributed by atoms with Crippen LogP contribution in [-0.4, -0.2) is 31.9 Å². The molecule has 0 saturated heterocycles. The SMILES string of the molecule is CCCCS(=O)(=O)NC1C2CCC(C2)C1CO. The largest absolute Gasteiger partial charge is 0.396 e. The summed E-state index contributed by atoms with van der Waals surface area (Å²) in [6.45, 7) is 2.10. The van der Waals surface area contributed by atoms with Gasteiger partial charge in [-0.1, -0.05) is 13.3 Å². The van der Waals surface area contributed by atoms with Crippen molar-refractivity contribution in [2.24, 2.45) is 17.8 Å². The Balaban J connectivity index is 1.98. The van der Waals surface area contributed by atoms with Crippen LogP contribution < -0.4 is 4.72 Å². The molecule has 2 aliphatic rings. The molecule has 0 aromatic heterocycles. The molecule has 2 N–H and O–H groups in total. The van der Waals surface area contributed by atoms with Gasteiger partial charge in [-0.3, -0.25) is 0 Å². The quantitative estimate of drug-likeness (QED) is 0.753. The molecule has 0 aromatic rings. The van der Waals surface area contributed by atoms with Gasteiger partial charge in [0.2, 0.25) is 10.0 Å². The molecule has 0 radical (unpaired) electrons. The number of fused-ring (bicyclic) bond motifs is 2. The molecule has 0 aromatic carbocycles. The molecule has 4 atom stereocenters. The van der Waals surface area contributed by atoms with Gasteiger partial charge < -0.3 is 5.11 Å². The molecule has 4 nitrogen and oxygen atoms in total. The van der Waals surface area contributed by atoms with Gasteiger partial charge in [0.15, 0.2) is 0 Å². The van der Waals surface area contributed by atoms with Crippen molar-refractivity contribution in [1.29, 1.82) is 0 Å². The number of hydrogen-bond donors (Lipinski definition) is 2. The zero-order chi connectivity index (χ0) is 12.5. The van der Waals surface area contributed by atoms with Crippen molar-refractivity contribution in [3.63, 3.8) is 0 Å². The third-order valence-corrected chi connectivity index (χ3v) is 5.84. The van der Waals surface area contributed by atoms with Gasteiger partial charge in [-0.05, 0) is 37.5 Å². The van der Waals surface area contributed by atoms with E-state index in [0.717, 1.165) is 25.7 Å². The molecule has 2 saturated carbocycles. The zero-order valence-corrected chi connectivity index (χ0v) is 11.2. The maximum Gasteiger partial charge on any atom is 0.211 e. The Hall–Kier alpha value is -0.130. The lowest BCUT2D eigenvalue weighted by molar-refractivity contribution is 0.153. The van der Waals surface area contributed by atoms with Crippen LogP contribution in [0.4, 0.5) is 0 Å². The fraction of sp³-hybridized carbons (Fsp3) is 1.00. The molecule has 5 heteroatoms. The van der Waals surface area contributed by atoms with E-state index in [0.29, 0.717) is 18.3 Å². The van der Waals surface area contributed by atoms with Crippen molar-refractivity contribution in [2.75, 3.05) is 12.4 Å². The lowest BCUT2D eigenvalue weighted by Gasteiger charge is -2.30. The normalized spacial score (nSPS) is 36.6. The molecular weight excluding hydrogens is 238 g/mol. The number of unbranched alkanes of at least 4 members (excludes halogenated alkanes) is 1. The molecule has 0 amide bonds. The van der Waals surface area contributed by atoms with E-state index in [4.69, 9.17) is 0 Å². The van der Waals surface area contributed by atoms with Crippen LogP contribution in [-0.2, 0) is 10.0 Å². The van der Waals surface area contributed by atoms with E-state index in [-0.39, 0.29) is 24.3 Å². The number of sulfonamides is 1. The molecule has 2 fully saturated rings. The summed E-state index contributed by atoms with van der Waals surface area (Å²) < 4.78 is 26.6. The van der Waals surface area contributed by atoms with Crippen LogP contribution in [0.15, 0.2) is 0 Å². The molecule has 0 aliphatic heterocycles. The van der Waals surface area contributed by atoms with E-state index < -0.39 is 10.0 Å². The Morgan fingerprint density at radius 1 is 1.29 bits per heavy atom. The fourth-order valence-corrected chi connectivity index (χ4v) is 5.03. The van der Waals surface area contributed by atoms with Crippen LogP contribution >= 0.6 is 0 Å². The molecular formula is C12H23NO3S. The standard InChI is InChI=1S/C12H23NO3S/c1-2-3-6-17(15,16)13-12-10-5-4-9(7-10)11(12)8-14/h9-14H,2-8H2,1H3. The highest BCUT2D eigenvalue weighted by Gasteiger charge is 2.48. The van der Waals surface area contributed by atoms with Crippen LogP contribution in [0.3, 0.4) is 0 Å². The summed E-state index contributed by atoms with van der Waals surface area (Å²) in [6.07, 6.45) is 4.96. The van der Waals surface area contributed by atoms with Crippen molar-refractivity contribution in [1.82, 2.24) is 4.72 Å². The van der Waals surface area contributed by atoms with Crippen LogP contribution in [0.1, 0.15) is 39.0 Å². The molecule has 2 aliphatic carbocycles. The summed E-state index contributed by atoms with van der Waals surface area (Å²) in [6, 6.07) is -0.0133. The highest BCUT2D eigenvalue weighted by Crippen LogP contribution is 2.48. The Bertz CT molecular complexity index is 355. The van der Waals surface area contributed by atoms with Gasteiger partial charge in [-0.15, -0.1) is 0 Å². The number of nitrogens with one attached hydrogen (secondary N) is 1. The van der Waals surface area contributed by atoms with Crippen molar-refractivity contribution in [3.05, 3.63) is 0 Å². The van der Waals surface area contributed by atoms with E-state index in [9.17, 15) is 13.5 Å². The van der Waals surface area contributed by atoms with Crippen molar-refractivity contribution in [3.8, 4) is 0 Å². The third kappa shape index (κ3) is 2.83. The zero-order valence-electron chi connectivity index (χ0n) is 10.4. The summed E-state index contributed by atoms with van der Waals surface area (Å²) in [5.74, 6) is 1.35. The number of rotatable bonds is 6. The van der Waals surface area contributed by atoms with Crippen molar-refractivity contribution in [2.45, 2.75) is 45.1 Å². The molecule has 0 spiro atoms. The van der Waals surface area contributed by atoms with Crippen LogP contribution in [0.5, 0.6) is 0 Å². The topological polar surface area (TPSA) is 66.4 Å². The van der Waals surface area contributed by atoms with Gasteiger partial charge in [0.05, 0.1) is 5.75 Å². The predicted molar refractivity (Wildman–Crippen MR) is 67.0 cm³/mol. The average molecular weight is 261 g/mol. The molecule has 17 heavy (non-hydrogen) atoms. The summed E-state index contributed by atoms with van der Waals surface area (Å²) in [4.78, 5) is 0. The lowest BCUT2D eigenvalue weighted by Crippen LogP contribution is -2.45. The maximum atomic E-state index is 11.9. The molecule has 100 valence electrons. The second-order valence-electron chi connectivity index (χ2n) is 5.50. The average Bonchev–Trinajstić information content (AvgIpc) is 2.86. The lowest BCUT2D eigenvalue weighted by atomic mass is 9.86. The molecule has 2 bridgehead atoms. The third-order valence-electron chi connectivity index (χ3n) is 4.38. The Morgan fingerprint density at radius 2 is 2.00 bits per heavy atom. The molecule has 2 rings (SSSR count). The Morgan fingerprint density at radius 3 is 2.65 bits per heavy atom. The van der Waals surface area contributed by atoms with Gasteiger partial charge in [0.1, 0.15) is 0 Å². The fourth-order valence-electron chi connectivity index (χ4n) is 3.46. The van der Waals surface area contributed by atoms with Gasteiger partial charge in [0, 0.05) is 18.6 Å². The predicted octanol–water partition coefficient (Wildman–Crippen LogP) is 1.11. The molecule has 0 heterocycles. The smallest absolute Gasteiger partial charge is 0.211 e. The van der Waals surface area contributed by atoms with E-state index in [2.05, 4.69) is 4.72 Å². The van der Waals surface area contributed by atoms with E-state index in [1.807, 2.05) is 6.92 Å². The van der Waals surface area contributed by atoms with Gasteiger partial charge in [-0.2, -0.15) is 0 Å². The summed E-state index contributed by atoms with van der Waals surface area (Å²) in [7, 11) is -3.15. The Kier molecular flexibility index (Phi) is 4.10. The minimum absolute atomic E-state index is 0.0133. The number of aliphatic hydroxyl groups is 1. The molecule has 4 unspecified atom stereocenters. The van der Waals surface area contributed by atoms with Crippen LogP contribution in [0.25, 0.3) is 0 Å². The first-order chi connectivity index (χ1) is 8.07. The number of hydrogen-bond acceptors (Lipinski definition) is 3. The first-order valence-electron chi connectivity index (χ1n) is 6.68. The summed E-state index contributed by atoms with van der Waals surface area (Å²) in [5, 5.41) is 9.40. The maximum absolute atomic E-state index is 11.9. The summed E-state index contributed by atoms with van der Waals surface area (Å²) >= 11 is 0. The number of aliphatic hydroxyl groups excluding tert-OH is 1. The minimum Gasteiger partial charge on any atom is -0.396 e. The monoisotopic (exact) mass is 261 g/mol.